The molecule has 2 heterocycles. The molecule has 17 heteroatoms. The smallest absolute Gasteiger partial charge is 0.302 e. The van der Waals surface area contributed by atoms with E-state index in [-0.39, 0.29) is 60.4 Å². The lowest BCUT2D eigenvalue weighted by Crippen LogP contribution is -2.74. The van der Waals surface area contributed by atoms with Crippen LogP contribution in [0.25, 0.3) is 10.4 Å². The Labute approximate surface area is 426 Å². The first-order chi connectivity index (χ1) is 33.5. The van der Waals surface area contributed by atoms with E-state index in [1.54, 1.807) is 41.7 Å². The molecule has 380 valence electrons. The van der Waals surface area contributed by atoms with Gasteiger partial charge in [-0.3, -0.25) is 24.0 Å². The highest BCUT2D eigenvalue weighted by molar-refractivity contribution is 7.13. The summed E-state index contributed by atoms with van der Waals surface area (Å²) in [6.45, 7) is 19.7. The van der Waals surface area contributed by atoms with Crippen LogP contribution in [0, 0.1) is 34.5 Å². The van der Waals surface area contributed by atoms with Gasteiger partial charge in [-0.05, 0) is 86.1 Å². The number of benzene rings is 3. The number of nitrogens with zero attached hydrogens (tertiary/aromatic N) is 3. The van der Waals surface area contributed by atoms with Crippen LogP contribution in [0.15, 0.2) is 72.2 Å². The highest BCUT2D eigenvalue weighted by Gasteiger charge is 2.64. The van der Waals surface area contributed by atoms with Crippen molar-refractivity contribution in [1.29, 1.82) is 5.26 Å². The Bertz CT molecular complexity index is 2570. The molecule has 0 spiro atoms. The lowest BCUT2D eigenvalue weighted by Gasteiger charge is -2.63. The SMILES string of the molecule is CC(=O)O[C@@H]1CC(C(=O)N[C@@H](C)c2ccc(-c3scnc3C)cc2)N(C(=O)C(NC(=O)COCCCCCNc2ccc(C(=O)NC3C(C)(C)C(Oc4ccc(C#N)c(Cl)c4)C3(C)C)cc2)C(C)(C)C)C1. The Kier molecular flexibility index (Phi) is 17.6. The topological polar surface area (TPSA) is 201 Å². The number of hydrogen-bond donors (Lipinski definition) is 4. The number of unbranched alkanes of at least 4 members (excludes halogenated alkanes) is 2. The second-order valence-corrected chi connectivity index (χ2v) is 22.1. The Hall–Kier alpha value is -6.02. The van der Waals surface area contributed by atoms with E-state index in [9.17, 15) is 29.2 Å². The lowest BCUT2D eigenvalue weighted by molar-refractivity contribution is -0.164. The normalized spacial score (nSPS) is 19.8. The van der Waals surface area contributed by atoms with E-state index in [1.165, 1.54) is 11.8 Å². The molecule has 0 radical (unpaired) electrons. The molecule has 2 fully saturated rings. The molecule has 3 aromatic carbocycles. The third-order valence-corrected chi connectivity index (χ3v) is 14.8. The van der Waals surface area contributed by atoms with Crippen LogP contribution < -0.4 is 26.0 Å². The van der Waals surface area contributed by atoms with Crippen molar-refractivity contribution in [3.63, 3.8) is 0 Å². The van der Waals surface area contributed by atoms with Crippen LogP contribution in [0.4, 0.5) is 5.69 Å². The van der Waals surface area contributed by atoms with Crippen molar-refractivity contribution in [2.45, 2.75) is 131 Å². The molecule has 1 aliphatic carbocycles. The molecular formula is C54H68ClN7O8S. The second kappa shape index (κ2) is 23.0. The number of hydrogen-bond acceptors (Lipinski definition) is 12. The van der Waals surface area contributed by atoms with Crippen LogP contribution in [0.3, 0.4) is 0 Å². The number of esters is 1. The number of rotatable bonds is 20. The predicted octanol–water partition coefficient (Wildman–Crippen LogP) is 8.80. The average molecular weight is 1010 g/mol. The number of nitrogens with one attached hydrogen (secondary N) is 4. The maximum atomic E-state index is 14.3. The van der Waals surface area contributed by atoms with E-state index in [4.69, 9.17) is 25.8 Å². The van der Waals surface area contributed by atoms with E-state index >= 15 is 0 Å². The van der Waals surface area contributed by atoms with Crippen molar-refractivity contribution in [1.82, 2.24) is 25.8 Å². The number of carbonyl (C=O) groups is 5. The van der Waals surface area contributed by atoms with Gasteiger partial charge in [-0.2, -0.15) is 5.26 Å². The number of nitriles is 1. The first-order valence-corrected chi connectivity index (χ1v) is 25.4. The molecule has 4 atom stereocenters. The minimum absolute atomic E-state index is 0.0139. The standard InChI is InChI=1S/C54H68ClN7O8S/c1-32(35-14-16-36(17-15-35)45-33(2)58-31-71-45)59-48(66)43-27-41(69-34(3)63)29-62(43)49(67)46(52(4,5)6)60-44(64)30-68-25-13-11-12-24-57-39-21-18-37(19-22-39)47(65)61-50-53(7,8)51(54(50,9)10)70-40-23-20-38(28-56)42(55)26-40/h14-23,26,31-32,41,43,46,50-51,57H,11-13,24-25,27,29-30H2,1-10H3,(H,59,66)(H,60,64)(H,61,65)/t32-,41+,43?,46?,50?,51?/m0/s1. The fraction of sp³-hybridized carbons (Fsp3) is 0.500. The molecular weight excluding hydrogens is 942 g/mol. The number of aromatic nitrogens is 1. The Morgan fingerprint density at radius 3 is 2.25 bits per heavy atom. The Balaban J connectivity index is 0.914. The zero-order valence-electron chi connectivity index (χ0n) is 42.4. The zero-order chi connectivity index (χ0) is 51.8. The van der Waals surface area contributed by atoms with Crippen molar-refractivity contribution in [3.8, 4) is 22.3 Å². The number of likely N-dealkylation sites (tertiary alicyclic amines) is 1. The maximum Gasteiger partial charge on any atom is 0.302 e. The van der Waals surface area contributed by atoms with Gasteiger partial charge in [0, 0.05) is 60.7 Å². The van der Waals surface area contributed by atoms with Crippen LogP contribution in [0.1, 0.15) is 121 Å². The van der Waals surface area contributed by atoms with Crippen molar-refractivity contribution in [3.05, 3.63) is 99.6 Å². The number of anilines is 1. The van der Waals surface area contributed by atoms with E-state index in [0.29, 0.717) is 41.5 Å². The number of halogens is 1. The van der Waals surface area contributed by atoms with Crippen LogP contribution in [-0.2, 0) is 28.7 Å². The molecule has 2 aliphatic rings. The van der Waals surface area contributed by atoms with Gasteiger partial charge in [0.25, 0.3) is 5.91 Å². The number of ether oxygens (including phenoxy) is 3. The van der Waals surface area contributed by atoms with Gasteiger partial charge < -0.3 is 40.4 Å². The monoisotopic (exact) mass is 1010 g/mol. The number of thiazole rings is 1. The van der Waals surface area contributed by atoms with Crippen LogP contribution in [0.2, 0.25) is 5.02 Å². The van der Waals surface area contributed by atoms with E-state index in [1.807, 2.05) is 76.5 Å². The predicted molar refractivity (Wildman–Crippen MR) is 275 cm³/mol. The first kappa shape index (κ1) is 54.3. The molecule has 4 aromatic rings. The summed E-state index contributed by atoms with van der Waals surface area (Å²) in [5, 5.41) is 22.1. The van der Waals surface area contributed by atoms with Gasteiger partial charge in [-0.1, -0.05) is 84.3 Å². The van der Waals surface area contributed by atoms with Gasteiger partial charge in [0.05, 0.1) is 39.3 Å². The number of amides is 4. The summed E-state index contributed by atoms with van der Waals surface area (Å²) in [7, 11) is 0. The largest absolute Gasteiger partial charge is 0.489 e. The number of aryl methyl sites for hydroxylation is 1. The van der Waals surface area contributed by atoms with Crippen LogP contribution >= 0.6 is 22.9 Å². The molecule has 15 nitrogen and oxygen atoms in total. The molecule has 1 saturated carbocycles. The first-order valence-electron chi connectivity index (χ1n) is 24.2. The number of carbonyl (C=O) groups excluding carboxylic acids is 5. The summed E-state index contributed by atoms with van der Waals surface area (Å²) in [6, 6.07) is 19.9. The minimum Gasteiger partial charge on any atom is -0.489 e. The van der Waals surface area contributed by atoms with Gasteiger partial charge in [-0.25, -0.2) is 4.98 Å². The van der Waals surface area contributed by atoms with Crippen LogP contribution in [0.5, 0.6) is 5.75 Å². The van der Waals surface area contributed by atoms with Gasteiger partial charge in [0.1, 0.15) is 42.7 Å². The molecule has 1 saturated heterocycles. The van der Waals surface area contributed by atoms with Gasteiger partial charge >= 0.3 is 5.97 Å². The summed E-state index contributed by atoms with van der Waals surface area (Å²) < 4.78 is 17.6. The van der Waals surface area contributed by atoms with Crippen molar-refractivity contribution in [2.75, 3.05) is 31.6 Å². The van der Waals surface area contributed by atoms with Crippen LogP contribution in [-0.4, -0.2) is 96.1 Å². The van der Waals surface area contributed by atoms with Crippen molar-refractivity contribution < 1.29 is 38.2 Å². The average Bonchev–Trinajstić information content (AvgIpc) is 3.95. The van der Waals surface area contributed by atoms with Crippen molar-refractivity contribution in [2.24, 2.45) is 16.2 Å². The fourth-order valence-corrected chi connectivity index (χ4v) is 11.0. The fourth-order valence-electron chi connectivity index (χ4n) is 9.97. The molecule has 71 heavy (non-hydrogen) atoms. The lowest BCUT2D eigenvalue weighted by atomic mass is 9.49. The van der Waals surface area contributed by atoms with Gasteiger partial charge in [0.15, 0.2) is 0 Å². The highest BCUT2D eigenvalue weighted by Crippen LogP contribution is 2.55. The quantitative estimate of drug-likeness (QED) is 0.0487. The summed E-state index contributed by atoms with van der Waals surface area (Å²) in [4.78, 5) is 73.7. The van der Waals surface area contributed by atoms with Crippen molar-refractivity contribution >= 4 is 58.2 Å². The maximum absolute atomic E-state index is 14.3. The summed E-state index contributed by atoms with van der Waals surface area (Å²) in [5.41, 5.74) is 5.00. The van der Waals surface area contributed by atoms with Gasteiger partial charge in [0.2, 0.25) is 17.7 Å². The highest BCUT2D eigenvalue weighted by atomic mass is 35.5. The Morgan fingerprint density at radius 2 is 1.65 bits per heavy atom. The molecule has 4 amide bonds. The second-order valence-electron chi connectivity index (χ2n) is 20.9. The molecule has 0 bridgehead atoms. The van der Waals surface area contributed by atoms with Gasteiger partial charge in [-0.15, -0.1) is 11.3 Å². The molecule has 4 N–H and O–H groups in total. The summed E-state index contributed by atoms with van der Waals surface area (Å²) in [5.74, 6) is -1.39. The molecule has 2 unspecified atom stereocenters. The Morgan fingerprint density at radius 1 is 0.958 bits per heavy atom. The van der Waals surface area contributed by atoms with E-state index in [0.717, 1.165) is 40.2 Å². The third kappa shape index (κ3) is 13.3. The van der Waals surface area contributed by atoms with E-state index < -0.39 is 41.4 Å². The minimum atomic E-state index is -0.989. The van der Waals surface area contributed by atoms with E-state index in [2.05, 4.69) is 60.0 Å². The third-order valence-electron chi connectivity index (χ3n) is 13.5. The molecule has 1 aromatic heterocycles. The molecule has 6 rings (SSSR count). The zero-order valence-corrected chi connectivity index (χ0v) is 44.0. The molecule has 1 aliphatic heterocycles. The summed E-state index contributed by atoms with van der Waals surface area (Å²) in [6.07, 6.45) is 1.63. The summed E-state index contributed by atoms with van der Waals surface area (Å²) >= 11 is 7.81.